The Labute approximate surface area is 119 Å². The zero-order chi connectivity index (χ0) is 15.3. The van der Waals surface area contributed by atoms with Crippen LogP contribution in [0, 0.1) is 0 Å². The Morgan fingerprint density at radius 1 is 1.24 bits per heavy atom. The normalized spacial score (nSPS) is 11.2. The molecule has 2 aromatic heterocycles. The number of alkyl halides is 3. The van der Waals surface area contributed by atoms with Gasteiger partial charge in [0.05, 0.1) is 0 Å². The lowest BCUT2D eigenvalue weighted by molar-refractivity contribution is -0.141. The quantitative estimate of drug-likeness (QED) is 0.888. The van der Waals surface area contributed by atoms with Crippen LogP contribution in [0.2, 0.25) is 0 Å². The minimum absolute atomic E-state index is 0.0753. The fourth-order valence-corrected chi connectivity index (χ4v) is 1.68. The lowest BCUT2D eigenvalue weighted by Crippen LogP contribution is -2.14. The van der Waals surface area contributed by atoms with Crippen LogP contribution < -0.4 is 10.6 Å². The van der Waals surface area contributed by atoms with Gasteiger partial charge in [-0.3, -0.25) is 4.98 Å². The Morgan fingerprint density at radius 2 is 2.05 bits per heavy atom. The van der Waals surface area contributed by atoms with Gasteiger partial charge in [-0.05, 0) is 18.1 Å². The number of hydrogen-bond acceptors (Lipinski definition) is 5. The zero-order valence-electron chi connectivity index (χ0n) is 11.3. The summed E-state index contributed by atoms with van der Waals surface area (Å²) >= 11 is 0. The van der Waals surface area contributed by atoms with E-state index >= 15 is 0 Å². The molecule has 0 saturated heterocycles. The van der Waals surface area contributed by atoms with Gasteiger partial charge in [0, 0.05) is 32.1 Å². The third-order valence-corrected chi connectivity index (χ3v) is 2.68. The van der Waals surface area contributed by atoms with Gasteiger partial charge in [-0.25, -0.2) is 4.98 Å². The van der Waals surface area contributed by atoms with Crippen molar-refractivity contribution in [1.82, 2.24) is 15.0 Å². The second-order valence-corrected chi connectivity index (χ2v) is 4.25. The van der Waals surface area contributed by atoms with Crippen molar-refractivity contribution in [2.75, 3.05) is 24.2 Å². The first-order chi connectivity index (χ1) is 9.99. The van der Waals surface area contributed by atoms with Crippen LogP contribution in [-0.2, 0) is 12.6 Å². The number of halogens is 3. The standard InChI is InChI=1S/C13H14F3N5/c1-17-12-20-10(13(14,15)16)7-11(21-12)19-6-4-9-3-2-5-18-8-9/h2-3,5,7-8H,4,6H2,1H3,(H2,17,19,20,21). The molecular weight excluding hydrogens is 283 g/mol. The Balaban J connectivity index is 2.05. The molecule has 0 aliphatic heterocycles. The molecule has 0 radical (unpaired) electrons. The minimum atomic E-state index is -4.51. The number of rotatable bonds is 5. The van der Waals surface area contributed by atoms with Crippen molar-refractivity contribution in [2.24, 2.45) is 0 Å². The smallest absolute Gasteiger partial charge is 0.370 e. The first-order valence-corrected chi connectivity index (χ1v) is 6.26. The van der Waals surface area contributed by atoms with Gasteiger partial charge in [0.25, 0.3) is 0 Å². The summed E-state index contributed by atoms with van der Waals surface area (Å²) in [5.74, 6) is 0.0549. The molecule has 0 fully saturated rings. The van der Waals surface area contributed by atoms with Crippen LogP contribution >= 0.6 is 0 Å². The van der Waals surface area contributed by atoms with Crippen molar-refractivity contribution in [1.29, 1.82) is 0 Å². The van der Waals surface area contributed by atoms with Gasteiger partial charge in [0.2, 0.25) is 5.95 Å². The van der Waals surface area contributed by atoms with Gasteiger partial charge in [-0.2, -0.15) is 18.2 Å². The molecule has 0 saturated carbocycles. The van der Waals surface area contributed by atoms with Crippen LogP contribution in [0.4, 0.5) is 24.9 Å². The van der Waals surface area contributed by atoms with E-state index in [9.17, 15) is 13.2 Å². The fraction of sp³-hybridized carbons (Fsp3) is 0.308. The molecule has 0 unspecified atom stereocenters. The van der Waals surface area contributed by atoms with Crippen LogP contribution in [0.15, 0.2) is 30.6 Å². The van der Waals surface area contributed by atoms with E-state index in [1.54, 1.807) is 18.5 Å². The summed E-state index contributed by atoms with van der Waals surface area (Å²) < 4.78 is 38.2. The van der Waals surface area contributed by atoms with Crippen LogP contribution in [0.1, 0.15) is 11.3 Å². The summed E-state index contributed by atoms with van der Waals surface area (Å²) in [5.41, 5.74) is 0.00895. The minimum Gasteiger partial charge on any atom is -0.370 e. The summed E-state index contributed by atoms with van der Waals surface area (Å²) in [5, 5.41) is 5.38. The molecule has 0 aromatic carbocycles. The highest BCUT2D eigenvalue weighted by molar-refractivity contribution is 5.43. The van der Waals surface area contributed by atoms with E-state index in [4.69, 9.17) is 0 Å². The van der Waals surface area contributed by atoms with Gasteiger partial charge < -0.3 is 10.6 Å². The number of hydrogen-bond donors (Lipinski definition) is 2. The Morgan fingerprint density at radius 3 is 2.67 bits per heavy atom. The van der Waals surface area contributed by atoms with Gasteiger partial charge in [-0.15, -0.1) is 0 Å². The number of aromatic nitrogens is 3. The lowest BCUT2D eigenvalue weighted by atomic mass is 10.2. The van der Waals surface area contributed by atoms with E-state index in [1.807, 2.05) is 6.07 Å². The van der Waals surface area contributed by atoms with Crippen molar-refractivity contribution >= 4 is 11.8 Å². The molecular formula is C13H14F3N5. The van der Waals surface area contributed by atoms with E-state index in [0.717, 1.165) is 11.6 Å². The maximum absolute atomic E-state index is 12.7. The third-order valence-electron chi connectivity index (χ3n) is 2.68. The molecule has 2 heterocycles. The van der Waals surface area contributed by atoms with Crippen LogP contribution in [0.3, 0.4) is 0 Å². The largest absolute Gasteiger partial charge is 0.433 e. The van der Waals surface area contributed by atoms with E-state index < -0.39 is 11.9 Å². The molecule has 2 aromatic rings. The van der Waals surface area contributed by atoms with Crippen molar-refractivity contribution in [3.63, 3.8) is 0 Å². The fourth-order valence-electron chi connectivity index (χ4n) is 1.68. The SMILES string of the molecule is CNc1nc(NCCc2cccnc2)cc(C(F)(F)F)n1. The van der Waals surface area contributed by atoms with E-state index in [-0.39, 0.29) is 11.8 Å². The van der Waals surface area contributed by atoms with E-state index in [2.05, 4.69) is 25.6 Å². The summed E-state index contributed by atoms with van der Waals surface area (Å²) in [7, 11) is 1.47. The molecule has 8 heteroatoms. The monoisotopic (exact) mass is 297 g/mol. The molecule has 2 rings (SSSR count). The first kappa shape index (κ1) is 15.0. The molecule has 0 spiro atoms. The Kier molecular flexibility index (Phi) is 4.56. The predicted molar refractivity (Wildman–Crippen MR) is 73.0 cm³/mol. The maximum Gasteiger partial charge on any atom is 0.433 e. The summed E-state index contributed by atoms with van der Waals surface area (Å²) in [6.45, 7) is 0.448. The second-order valence-electron chi connectivity index (χ2n) is 4.25. The van der Waals surface area contributed by atoms with Crippen molar-refractivity contribution in [2.45, 2.75) is 12.6 Å². The van der Waals surface area contributed by atoms with Gasteiger partial charge in [0.15, 0.2) is 5.69 Å². The molecule has 21 heavy (non-hydrogen) atoms. The van der Waals surface area contributed by atoms with E-state index in [0.29, 0.717) is 13.0 Å². The lowest BCUT2D eigenvalue weighted by Gasteiger charge is -2.11. The third kappa shape index (κ3) is 4.30. The predicted octanol–water partition coefficient (Wildman–Crippen LogP) is 2.59. The highest BCUT2D eigenvalue weighted by atomic mass is 19.4. The molecule has 0 bridgehead atoms. The summed E-state index contributed by atoms with van der Waals surface area (Å²) in [6, 6.07) is 4.60. The molecule has 0 atom stereocenters. The zero-order valence-corrected chi connectivity index (χ0v) is 11.3. The van der Waals surface area contributed by atoms with Gasteiger partial charge >= 0.3 is 6.18 Å². The average molecular weight is 297 g/mol. The highest BCUT2D eigenvalue weighted by Crippen LogP contribution is 2.29. The Bertz CT molecular complexity index is 586. The number of nitrogens with zero attached hydrogens (tertiary/aromatic N) is 3. The Hall–Kier alpha value is -2.38. The molecule has 5 nitrogen and oxygen atoms in total. The number of anilines is 2. The number of pyridine rings is 1. The summed E-state index contributed by atoms with van der Waals surface area (Å²) in [4.78, 5) is 11.3. The van der Waals surface area contributed by atoms with Gasteiger partial charge in [0.1, 0.15) is 5.82 Å². The molecule has 0 aliphatic carbocycles. The van der Waals surface area contributed by atoms with Gasteiger partial charge in [-0.1, -0.05) is 6.07 Å². The topological polar surface area (TPSA) is 62.7 Å². The molecule has 0 amide bonds. The van der Waals surface area contributed by atoms with Crippen molar-refractivity contribution in [3.05, 3.63) is 41.9 Å². The number of nitrogens with one attached hydrogen (secondary N) is 2. The van der Waals surface area contributed by atoms with Crippen molar-refractivity contribution < 1.29 is 13.2 Å². The van der Waals surface area contributed by atoms with Crippen molar-refractivity contribution in [3.8, 4) is 0 Å². The molecule has 2 N–H and O–H groups in total. The van der Waals surface area contributed by atoms with Crippen LogP contribution in [0.5, 0.6) is 0 Å². The second kappa shape index (κ2) is 6.38. The molecule has 0 aliphatic rings. The first-order valence-electron chi connectivity index (χ1n) is 6.26. The van der Waals surface area contributed by atoms with E-state index in [1.165, 1.54) is 7.05 Å². The van der Waals surface area contributed by atoms with Crippen LogP contribution in [0.25, 0.3) is 0 Å². The summed E-state index contributed by atoms with van der Waals surface area (Å²) in [6.07, 6.45) is -0.500. The maximum atomic E-state index is 12.7. The average Bonchev–Trinajstić information content (AvgIpc) is 2.47. The van der Waals surface area contributed by atoms with Crippen LogP contribution in [-0.4, -0.2) is 28.5 Å². The highest BCUT2D eigenvalue weighted by Gasteiger charge is 2.33. The molecule has 112 valence electrons.